The highest BCUT2D eigenvalue weighted by molar-refractivity contribution is 6.04. The van der Waals surface area contributed by atoms with Gasteiger partial charge in [0.05, 0.1) is 11.9 Å². The fourth-order valence-corrected chi connectivity index (χ4v) is 2.50. The molecular formula is C15H18N4O2. The third kappa shape index (κ3) is 2.74. The molecule has 6 heteroatoms. The number of pyridine rings is 1. The van der Waals surface area contributed by atoms with Crippen molar-refractivity contribution in [3.05, 3.63) is 45.6 Å². The lowest BCUT2D eigenvalue weighted by molar-refractivity contribution is 0.102. The van der Waals surface area contributed by atoms with Crippen LogP contribution in [0.5, 0.6) is 0 Å². The number of aryl methyl sites for hydroxylation is 2. The highest BCUT2D eigenvalue weighted by Crippen LogP contribution is 2.30. The number of rotatable bonds is 4. The molecule has 0 unspecified atom stereocenters. The second kappa shape index (κ2) is 5.20. The van der Waals surface area contributed by atoms with Gasteiger partial charge in [0.25, 0.3) is 11.5 Å². The Morgan fingerprint density at radius 1 is 1.48 bits per heavy atom. The average Bonchev–Trinajstić information content (AvgIpc) is 3.10. The first kappa shape index (κ1) is 13.6. The van der Waals surface area contributed by atoms with Gasteiger partial charge in [-0.05, 0) is 44.2 Å². The monoisotopic (exact) mass is 286 g/mol. The fourth-order valence-electron chi connectivity index (χ4n) is 2.50. The van der Waals surface area contributed by atoms with Crippen LogP contribution in [-0.4, -0.2) is 20.7 Å². The summed E-state index contributed by atoms with van der Waals surface area (Å²) in [5.41, 5.74) is 2.16. The summed E-state index contributed by atoms with van der Waals surface area (Å²) in [5, 5.41) is 9.08. The molecule has 110 valence electrons. The summed E-state index contributed by atoms with van der Waals surface area (Å²) in [6, 6.07) is 1.90. The number of H-pyrrole nitrogens is 1. The normalized spacial score (nSPS) is 14.2. The standard InChI is InChI=1S/C15H18N4O2/c1-9-5-10(2)19(8-11-3-4-11)15(21)13(9)14(20)18-12-6-16-17-7-12/h5-7,11H,3-4,8H2,1-2H3,(H,16,17)(H,18,20). The van der Waals surface area contributed by atoms with E-state index < -0.39 is 0 Å². The Labute approximate surface area is 122 Å². The zero-order valence-electron chi connectivity index (χ0n) is 12.1. The van der Waals surface area contributed by atoms with Crippen molar-refractivity contribution >= 4 is 11.6 Å². The first-order valence-electron chi connectivity index (χ1n) is 7.07. The van der Waals surface area contributed by atoms with E-state index in [4.69, 9.17) is 0 Å². The molecule has 0 saturated heterocycles. The number of nitrogens with one attached hydrogen (secondary N) is 2. The largest absolute Gasteiger partial charge is 0.319 e. The van der Waals surface area contributed by atoms with E-state index in [9.17, 15) is 9.59 Å². The lowest BCUT2D eigenvalue weighted by atomic mass is 10.1. The molecule has 0 bridgehead atoms. The van der Waals surface area contributed by atoms with Gasteiger partial charge >= 0.3 is 0 Å². The Kier molecular flexibility index (Phi) is 3.37. The Balaban J connectivity index is 1.96. The SMILES string of the molecule is Cc1cc(C)n(CC2CC2)c(=O)c1C(=O)Nc1cn[nH]c1. The first-order chi connectivity index (χ1) is 10.1. The molecule has 2 aromatic rings. The van der Waals surface area contributed by atoms with Crippen LogP contribution in [0.4, 0.5) is 5.69 Å². The zero-order valence-corrected chi connectivity index (χ0v) is 12.1. The molecule has 1 aliphatic rings. The van der Waals surface area contributed by atoms with Crippen molar-refractivity contribution in [2.24, 2.45) is 5.92 Å². The van der Waals surface area contributed by atoms with Gasteiger partial charge in [-0.2, -0.15) is 5.10 Å². The maximum absolute atomic E-state index is 12.6. The maximum Gasteiger partial charge on any atom is 0.263 e. The molecule has 0 aromatic carbocycles. The van der Waals surface area contributed by atoms with Gasteiger partial charge in [-0.25, -0.2) is 0 Å². The minimum Gasteiger partial charge on any atom is -0.319 e. The van der Waals surface area contributed by atoms with Crippen LogP contribution in [0.3, 0.4) is 0 Å². The lowest BCUT2D eigenvalue weighted by Crippen LogP contribution is -2.32. The predicted octanol–water partition coefficient (Wildman–Crippen LogP) is 1.85. The number of aromatic nitrogens is 3. The minimum atomic E-state index is -0.386. The fraction of sp³-hybridized carbons (Fsp3) is 0.400. The second-order valence-corrected chi connectivity index (χ2v) is 5.64. The molecule has 0 spiro atoms. The number of nitrogens with zero attached hydrogens (tertiary/aromatic N) is 2. The molecule has 1 amide bonds. The molecule has 6 nitrogen and oxygen atoms in total. The van der Waals surface area contributed by atoms with Gasteiger partial charge in [0.15, 0.2) is 0 Å². The third-order valence-electron chi connectivity index (χ3n) is 3.83. The van der Waals surface area contributed by atoms with Crippen molar-refractivity contribution in [1.29, 1.82) is 0 Å². The quantitative estimate of drug-likeness (QED) is 0.900. The van der Waals surface area contributed by atoms with Crippen LogP contribution in [0.15, 0.2) is 23.3 Å². The molecule has 0 aliphatic heterocycles. The van der Waals surface area contributed by atoms with Crippen LogP contribution in [-0.2, 0) is 6.54 Å². The number of hydrogen-bond acceptors (Lipinski definition) is 3. The molecule has 21 heavy (non-hydrogen) atoms. The lowest BCUT2D eigenvalue weighted by Gasteiger charge is -2.13. The molecule has 1 aliphatic carbocycles. The van der Waals surface area contributed by atoms with Crippen molar-refractivity contribution in [1.82, 2.24) is 14.8 Å². The van der Waals surface area contributed by atoms with Gasteiger partial charge in [-0.3, -0.25) is 14.7 Å². The Bertz CT molecular complexity index is 727. The summed E-state index contributed by atoms with van der Waals surface area (Å²) in [4.78, 5) is 25.0. The van der Waals surface area contributed by atoms with E-state index in [0.29, 0.717) is 23.7 Å². The summed E-state index contributed by atoms with van der Waals surface area (Å²) >= 11 is 0. The summed E-state index contributed by atoms with van der Waals surface area (Å²) in [6.45, 7) is 4.41. The van der Waals surface area contributed by atoms with Crippen LogP contribution in [0.1, 0.15) is 34.5 Å². The van der Waals surface area contributed by atoms with Gasteiger partial charge in [-0.15, -0.1) is 0 Å². The molecule has 0 atom stereocenters. The first-order valence-corrected chi connectivity index (χ1v) is 7.07. The van der Waals surface area contributed by atoms with Gasteiger partial charge in [0, 0.05) is 18.4 Å². The number of hydrogen-bond donors (Lipinski definition) is 2. The summed E-state index contributed by atoms with van der Waals surface area (Å²) in [7, 11) is 0. The van der Waals surface area contributed by atoms with E-state index >= 15 is 0 Å². The van der Waals surface area contributed by atoms with Crippen molar-refractivity contribution in [3.63, 3.8) is 0 Å². The van der Waals surface area contributed by atoms with E-state index in [1.54, 1.807) is 17.7 Å². The maximum atomic E-state index is 12.6. The molecule has 2 aromatic heterocycles. The van der Waals surface area contributed by atoms with E-state index in [2.05, 4.69) is 15.5 Å². The number of carbonyl (C=O) groups is 1. The number of amides is 1. The average molecular weight is 286 g/mol. The second-order valence-electron chi connectivity index (χ2n) is 5.64. The van der Waals surface area contributed by atoms with Gasteiger partial charge in [0.2, 0.25) is 0 Å². The molecule has 1 fully saturated rings. The summed E-state index contributed by atoms with van der Waals surface area (Å²) < 4.78 is 1.72. The molecule has 1 saturated carbocycles. The molecular weight excluding hydrogens is 268 g/mol. The van der Waals surface area contributed by atoms with Gasteiger partial charge in [0.1, 0.15) is 5.56 Å². The number of anilines is 1. The highest BCUT2D eigenvalue weighted by atomic mass is 16.2. The van der Waals surface area contributed by atoms with Crippen LogP contribution in [0, 0.1) is 19.8 Å². The molecule has 3 rings (SSSR count). The van der Waals surface area contributed by atoms with Crippen LogP contribution in [0.2, 0.25) is 0 Å². The predicted molar refractivity (Wildman–Crippen MR) is 79.4 cm³/mol. The van der Waals surface area contributed by atoms with Crippen molar-refractivity contribution < 1.29 is 4.79 Å². The number of aromatic amines is 1. The van der Waals surface area contributed by atoms with E-state index in [-0.39, 0.29) is 17.0 Å². The highest BCUT2D eigenvalue weighted by Gasteiger charge is 2.25. The van der Waals surface area contributed by atoms with Crippen molar-refractivity contribution in [3.8, 4) is 0 Å². The van der Waals surface area contributed by atoms with E-state index in [1.165, 1.54) is 6.20 Å². The van der Waals surface area contributed by atoms with Crippen molar-refractivity contribution in [2.75, 3.05) is 5.32 Å². The molecule has 0 radical (unpaired) electrons. The minimum absolute atomic E-state index is 0.208. The number of carbonyl (C=O) groups excluding carboxylic acids is 1. The Hall–Kier alpha value is -2.37. The van der Waals surface area contributed by atoms with Gasteiger partial charge in [-0.1, -0.05) is 0 Å². The van der Waals surface area contributed by atoms with Crippen LogP contribution in [0.25, 0.3) is 0 Å². The van der Waals surface area contributed by atoms with Gasteiger partial charge < -0.3 is 9.88 Å². The Morgan fingerprint density at radius 2 is 2.24 bits per heavy atom. The smallest absolute Gasteiger partial charge is 0.263 e. The van der Waals surface area contributed by atoms with Crippen LogP contribution >= 0.6 is 0 Å². The van der Waals surface area contributed by atoms with E-state index in [1.807, 2.05) is 13.0 Å². The van der Waals surface area contributed by atoms with E-state index in [0.717, 1.165) is 18.5 Å². The summed E-state index contributed by atoms with van der Waals surface area (Å²) in [5.74, 6) is 0.192. The topological polar surface area (TPSA) is 79.8 Å². The Morgan fingerprint density at radius 3 is 2.86 bits per heavy atom. The zero-order chi connectivity index (χ0) is 15.0. The molecule has 2 N–H and O–H groups in total. The molecule has 2 heterocycles. The summed E-state index contributed by atoms with van der Waals surface area (Å²) in [6.07, 6.45) is 5.40. The van der Waals surface area contributed by atoms with Crippen LogP contribution < -0.4 is 10.9 Å². The van der Waals surface area contributed by atoms with Crippen molar-refractivity contribution in [2.45, 2.75) is 33.2 Å². The third-order valence-corrected chi connectivity index (χ3v) is 3.83.